The minimum Gasteiger partial charge on any atom is -0.505 e. The summed E-state index contributed by atoms with van der Waals surface area (Å²) in [5.41, 5.74) is 3.49. The number of aromatic carboxylic acids is 1. The van der Waals surface area contributed by atoms with Crippen molar-refractivity contribution in [1.82, 2.24) is 4.98 Å². The van der Waals surface area contributed by atoms with Crippen molar-refractivity contribution in [2.75, 3.05) is 0 Å². The highest BCUT2D eigenvalue weighted by Crippen LogP contribution is 2.34. The van der Waals surface area contributed by atoms with Crippen molar-refractivity contribution in [2.24, 2.45) is 0 Å². The van der Waals surface area contributed by atoms with Crippen molar-refractivity contribution in [3.05, 3.63) is 34.5 Å². The Hall–Kier alpha value is -2.10. The maximum Gasteiger partial charge on any atom is 0.340 e. The molecule has 0 saturated heterocycles. The van der Waals surface area contributed by atoms with E-state index < -0.39 is 5.97 Å². The Labute approximate surface area is 110 Å². The Morgan fingerprint density at radius 3 is 2.74 bits per heavy atom. The van der Waals surface area contributed by atoms with Gasteiger partial charge >= 0.3 is 5.97 Å². The maximum absolute atomic E-state index is 11.4. The Morgan fingerprint density at radius 2 is 2.00 bits per heavy atom. The molecule has 1 aromatic heterocycles. The molecule has 1 heterocycles. The molecular weight excluding hydrogens is 242 g/mol. The van der Waals surface area contributed by atoms with Gasteiger partial charge in [-0.15, -0.1) is 0 Å². The van der Waals surface area contributed by atoms with Crippen LogP contribution in [0.4, 0.5) is 0 Å². The molecule has 0 saturated carbocycles. The third-order valence-electron chi connectivity index (χ3n) is 3.84. The number of carbonyl (C=O) groups is 1. The van der Waals surface area contributed by atoms with E-state index in [0.717, 1.165) is 30.3 Å². The van der Waals surface area contributed by atoms with Gasteiger partial charge in [-0.25, -0.2) is 9.78 Å². The average Bonchev–Trinajstić information content (AvgIpc) is 2.40. The summed E-state index contributed by atoms with van der Waals surface area (Å²) in [7, 11) is 0. The van der Waals surface area contributed by atoms with Gasteiger partial charge in [0.05, 0.1) is 11.2 Å². The van der Waals surface area contributed by atoms with Crippen LogP contribution < -0.4 is 0 Å². The molecule has 0 amide bonds. The molecule has 1 aromatic carbocycles. The molecule has 2 aromatic rings. The van der Waals surface area contributed by atoms with Crippen molar-refractivity contribution < 1.29 is 15.0 Å². The lowest BCUT2D eigenvalue weighted by Gasteiger charge is -2.18. The quantitative estimate of drug-likeness (QED) is 0.824. The van der Waals surface area contributed by atoms with Gasteiger partial charge in [0, 0.05) is 5.39 Å². The largest absolute Gasteiger partial charge is 0.505 e. The zero-order valence-electron chi connectivity index (χ0n) is 10.7. The minimum absolute atomic E-state index is 0.0316. The molecule has 98 valence electrons. The van der Waals surface area contributed by atoms with Crippen LogP contribution in [0.2, 0.25) is 0 Å². The number of hydrogen-bond donors (Lipinski definition) is 2. The molecule has 0 aliphatic heterocycles. The molecular formula is C15H15NO3. The van der Waals surface area contributed by atoms with Crippen molar-refractivity contribution in [1.29, 1.82) is 0 Å². The van der Waals surface area contributed by atoms with Gasteiger partial charge in [0.15, 0.2) is 5.75 Å². The SMILES string of the molecule is Cc1nc2c3c(ccc2c(C(=O)O)c1O)CCCC3. The lowest BCUT2D eigenvalue weighted by molar-refractivity contribution is 0.0695. The summed E-state index contributed by atoms with van der Waals surface area (Å²) in [5, 5.41) is 19.8. The molecule has 0 radical (unpaired) electrons. The van der Waals surface area contributed by atoms with E-state index in [1.165, 1.54) is 12.0 Å². The van der Waals surface area contributed by atoms with Gasteiger partial charge in [-0.3, -0.25) is 0 Å². The number of hydrogen-bond acceptors (Lipinski definition) is 3. The van der Waals surface area contributed by atoms with E-state index in [4.69, 9.17) is 0 Å². The number of carboxylic acid groups (broad SMARTS) is 1. The van der Waals surface area contributed by atoms with Crippen molar-refractivity contribution in [3.63, 3.8) is 0 Å². The number of aromatic nitrogens is 1. The van der Waals surface area contributed by atoms with Crippen LogP contribution in [0.5, 0.6) is 5.75 Å². The average molecular weight is 257 g/mol. The topological polar surface area (TPSA) is 70.4 Å². The number of aryl methyl sites for hydroxylation is 3. The molecule has 0 fully saturated rings. The number of aromatic hydroxyl groups is 1. The lowest BCUT2D eigenvalue weighted by Crippen LogP contribution is -2.08. The third-order valence-corrected chi connectivity index (χ3v) is 3.84. The van der Waals surface area contributed by atoms with Crippen LogP contribution in [0.15, 0.2) is 12.1 Å². The summed E-state index contributed by atoms with van der Waals surface area (Å²) in [4.78, 5) is 15.8. The van der Waals surface area contributed by atoms with E-state index >= 15 is 0 Å². The van der Waals surface area contributed by atoms with Gasteiger partial charge in [-0.05, 0) is 43.7 Å². The second kappa shape index (κ2) is 4.23. The first-order valence-electron chi connectivity index (χ1n) is 6.47. The van der Waals surface area contributed by atoms with Gasteiger partial charge in [0.25, 0.3) is 0 Å². The van der Waals surface area contributed by atoms with E-state index in [9.17, 15) is 15.0 Å². The minimum atomic E-state index is -1.11. The zero-order valence-corrected chi connectivity index (χ0v) is 10.7. The van der Waals surface area contributed by atoms with E-state index in [0.29, 0.717) is 11.1 Å². The molecule has 2 N–H and O–H groups in total. The molecule has 0 unspecified atom stereocenters. The van der Waals surface area contributed by atoms with Crippen LogP contribution >= 0.6 is 0 Å². The van der Waals surface area contributed by atoms with Crippen LogP contribution in [-0.4, -0.2) is 21.2 Å². The van der Waals surface area contributed by atoms with Gasteiger partial charge in [0.1, 0.15) is 5.56 Å². The Morgan fingerprint density at radius 1 is 1.26 bits per heavy atom. The number of fused-ring (bicyclic) bond motifs is 3. The lowest BCUT2D eigenvalue weighted by atomic mass is 9.88. The number of pyridine rings is 1. The molecule has 0 spiro atoms. The molecule has 1 aliphatic rings. The third kappa shape index (κ3) is 1.75. The first-order chi connectivity index (χ1) is 9.09. The highest BCUT2D eigenvalue weighted by molar-refractivity contribution is 6.06. The molecule has 0 atom stereocenters. The van der Waals surface area contributed by atoms with Crippen molar-refractivity contribution >= 4 is 16.9 Å². The molecule has 19 heavy (non-hydrogen) atoms. The standard InChI is InChI=1S/C15H15NO3/c1-8-14(17)12(15(18)19)11-7-6-9-4-2-3-5-10(9)13(11)16-8/h6-7,17H,2-5H2,1H3,(H,18,19). The van der Waals surface area contributed by atoms with Crippen LogP contribution in [-0.2, 0) is 12.8 Å². The highest BCUT2D eigenvalue weighted by Gasteiger charge is 2.21. The summed E-state index contributed by atoms with van der Waals surface area (Å²) in [5.74, 6) is -1.33. The van der Waals surface area contributed by atoms with E-state index in [1.54, 1.807) is 13.0 Å². The fourth-order valence-electron chi connectivity index (χ4n) is 2.88. The molecule has 3 rings (SSSR count). The predicted molar refractivity (Wildman–Crippen MR) is 71.7 cm³/mol. The van der Waals surface area contributed by atoms with E-state index in [1.807, 2.05) is 6.07 Å². The fraction of sp³-hybridized carbons (Fsp3) is 0.333. The first-order valence-corrected chi connectivity index (χ1v) is 6.47. The first kappa shape index (κ1) is 12.0. The zero-order chi connectivity index (χ0) is 13.6. The second-order valence-electron chi connectivity index (χ2n) is 5.03. The summed E-state index contributed by atoms with van der Waals surface area (Å²) in [6, 6.07) is 3.74. The van der Waals surface area contributed by atoms with Crippen LogP contribution in [0, 0.1) is 6.92 Å². The number of carboxylic acids is 1. The molecule has 1 aliphatic carbocycles. The van der Waals surface area contributed by atoms with Crippen LogP contribution in [0.1, 0.15) is 40.0 Å². The Bertz CT molecular complexity index is 692. The van der Waals surface area contributed by atoms with Gasteiger partial charge < -0.3 is 10.2 Å². The highest BCUT2D eigenvalue weighted by atomic mass is 16.4. The van der Waals surface area contributed by atoms with Crippen LogP contribution in [0.25, 0.3) is 10.9 Å². The Kier molecular flexibility index (Phi) is 2.66. The molecule has 4 heteroatoms. The van der Waals surface area contributed by atoms with Gasteiger partial charge in [0.2, 0.25) is 0 Å². The van der Waals surface area contributed by atoms with Gasteiger partial charge in [-0.2, -0.15) is 0 Å². The maximum atomic E-state index is 11.4. The van der Waals surface area contributed by atoms with Crippen molar-refractivity contribution in [2.45, 2.75) is 32.6 Å². The van der Waals surface area contributed by atoms with E-state index in [-0.39, 0.29) is 11.3 Å². The van der Waals surface area contributed by atoms with E-state index in [2.05, 4.69) is 4.98 Å². The van der Waals surface area contributed by atoms with Crippen LogP contribution in [0.3, 0.4) is 0 Å². The van der Waals surface area contributed by atoms with Crippen molar-refractivity contribution in [3.8, 4) is 5.75 Å². The van der Waals surface area contributed by atoms with Gasteiger partial charge in [-0.1, -0.05) is 12.1 Å². The monoisotopic (exact) mass is 257 g/mol. The number of rotatable bonds is 1. The smallest absolute Gasteiger partial charge is 0.340 e. The summed E-state index contributed by atoms with van der Waals surface area (Å²) in [6.07, 6.45) is 4.23. The number of nitrogens with zero attached hydrogens (tertiary/aromatic N) is 1. The number of benzene rings is 1. The normalized spacial score (nSPS) is 14.4. The summed E-state index contributed by atoms with van der Waals surface area (Å²) >= 11 is 0. The molecule has 4 nitrogen and oxygen atoms in total. The summed E-state index contributed by atoms with van der Waals surface area (Å²) < 4.78 is 0. The Balaban J connectivity index is 2.43. The molecule has 0 bridgehead atoms. The fourth-order valence-corrected chi connectivity index (χ4v) is 2.88. The predicted octanol–water partition coefficient (Wildman–Crippen LogP) is 2.83. The second-order valence-corrected chi connectivity index (χ2v) is 5.03. The summed E-state index contributed by atoms with van der Waals surface area (Å²) in [6.45, 7) is 1.64.